The summed E-state index contributed by atoms with van der Waals surface area (Å²) in [6, 6.07) is 27.8. The minimum Gasteiger partial charge on any atom is -0.377 e. The van der Waals surface area contributed by atoms with E-state index < -0.39 is 0 Å². The quantitative estimate of drug-likeness (QED) is 0.0934. The van der Waals surface area contributed by atoms with Crippen molar-refractivity contribution in [3.8, 4) is 22.8 Å². The van der Waals surface area contributed by atoms with E-state index in [0.29, 0.717) is 36.6 Å². The van der Waals surface area contributed by atoms with E-state index in [-0.39, 0.29) is 18.1 Å². The number of carbonyl (C=O) groups excluding carboxylic acids is 1. The molecule has 0 bridgehead atoms. The number of nitrogens with zero attached hydrogens (tertiary/aromatic N) is 7. The number of anilines is 2. The Morgan fingerprint density at radius 2 is 1.34 bits per heavy atom. The van der Waals surface area contributed by atoms with Gasteiger partial charge >= 0.3 is 6.03 Å². The molecular weight excluding hydrogens is 709 g/mol. The summed E-state index contributed by atoms with van der Waals surface area (Å²) >= 11 is 0. The van der Waals surface area contributed by atoms with Crippen molar-refractivity contribution in [3.05, 3.63) is 120 Å². The van der Waals surface area contributed by atoms with Crippen LogP contribution in [0.15, 0.2) is 107 Å². The van der Waals surface area contributed by atoms with Crippen molar-refractivity contribution in [1.29, 1.82) is 0 Å². The largest absolute Gasteiger partial charge is 0.377 e. The first-order valence-corrected chi connectivity index (χ1v) is 18.8. The molecule has 2 amide bonds. The van der Waals surface area contributed by atoms with Gasteiger partial charge in [-0.2, -0.15) is 9.97 Å². The molecule has 280 valence electrons. The molecule has 2 saturated carbocycles. The van der Waals surface area contributed by atoms with Crippen molar-refractivity contribution < 1.29 is 13.8 Å². The Morgan fingerprint density at radius 3 is 1.95 bits per heavy atom. The summed E-state index contributed by atoms with van der Waals surface area (Å²) < 4.78 is 10.7. The second-order valence-electron chi connectivity index (χ2n) is 14.4. The van der Waals surface area contributed by atoms with Gasteiger partial charge in [-0.1, -0.05) is 58.8 Å². The topological polar surface area (TPSA) is 206 Å². The molecule has 3 aliphatic rings. The molecule has 4 aromatic heterocycles. The van der Waals surface area contributed by atoms with E-state index >= 15 is 0 Å². The van der Waals surface area contributed by atoms with Crippen molar-refractivity contribution in [2.45, 2.75) is 49.6 Å². The molecule has 56 heavy (non-hydrogen) atoms. The minimum absolute atomic E-state index is 0.00622. The molecule has 1 saturated heterocycles. The lowest BCUT2D eigenvalue weighted by Crippen LogP contribution is -2.29. The van der Waals surface area contributed by atoms with Gasteiger partial charge in [0.2, 0.25) is 23.4 Å². The van der Waals surface area contributed by atoms with Gasteiger partial charge in [-0.25, -0.2) is 14.8 Å². The SMILES string of the molecule is NCC(Nc1ccc2nc[nH]c2c1)c1ccc(-c2noc(C3CC3)n2)cc1.O=C1NCC(c2ccc(-c3noc(C4CC4)n3)cc2)N1c1ccc2nc[nH]c2c1. The third-order valence-electron chi connectivity index (χ3n) is 10.5. The Hall–Kier alpha value is -6.87. The first-order chi connectivity index (χ1) is 27.6. The van der Waals surface area contributed by atoms with E-state index in [1.165, 1.54) is 0 Å². The van der Waals surface area contributed by atoms with Crippen molar-refractivity contribution in [2.24, 2.45) is 5.73 Å². The Kier molecular flexibility index (Phi) is 8.47. The van der Waals surface area contributed by atoms with Crippen LogP contribution >= 0.6 is 0 Å². The average molecular weight is 747 g/mol. The number of benzene rings is 4. The van der Waals surface area contributed by atoms with Gasteiger partial charge in [-0.3, -0.25) is 4.90 Å². The first-order valence-electron chi connectivity index (χ1n) is 18.8. The van der Waals surface area contributed by atoms with Gasteiger partial charge in [0, 0.05) is 47.4 Å². The van der Waals surface area contributed by atoms with Crippen molar-refractivity contribution in [3.63, 3.8) is 0 Å². The van der Waals surface area contributed by atoms with Crippen LogP contribution in [0.4, 0.5) is 16.2 Å². The Labute approximate surface area is 320 Å². The van der Waals surface area contributed by atoms with Gasteiger partial charge in [-0.05, 0) is 73.2 Å². The molecule has 6 N–H and O–H groups in total. The highest BCUT2D eigenvalue weighted by molar-refractivity contribution is 5.97. The van der Waals surface area contributed by atoms with Crippen molar-refractivity contribution in [1.82, 2.24) is 45.5 Å². The minimum atomic E-state index is -0.106. The number of aromatic amines is 2. The second-order valence-corrected chi connectivity index (χ2v) is 14.4. The lowest BCUT2D eigenvalue weighted by atomic mass is 10.0. The molecule has 11 rings (SSSR count). The third kappa shape index (κ3) is 6.72. The summed E-state index contributed by atoms with van der Waals surface area (Å²) in [6.07, 6.45) is 7.90. The lowest BCUT2D eigenvalue weighted by Gasteiger charge is -2.23. The van der Waals surface area contributed by atoms with Crippen LogP contribution in [0.2, 0.25) is 0 Å². The van der Waals surface area contributed by atoms with Gasteiger partial charge in [0.1, 0.15) is 0 Å². The summed E-state index contributed by atoms with van der Waals surface area (Å²) in [5.41, 5.74) is 15.6. The van der Waals surface area contributed by atoms with Crippen LogP contribution in [0.25, 0.3) is 44.8 Å². The average Bonchev–Trinajstić information content (AvgIpc) is 3.87. The van der Waals surface area contributed by atoms with Gasteiger partial charge in [0.05, 0.1) is 46.8 Å². The van der Waals surface area contributed by atoms with Crippen LogP contribution in [0.3, 0.4) is 0 Å². The number of carbonyl (C=O) groups is 1. The number of nitrogens with one attached hydrogen (secondary N) is 4. The van der Waals surface area contributed by atoms with E-state index in [4.69, 9.17) is 14.8 Å². The number of imidazole rings is 2. The van der Waals surface area contributed by atoms with Crippen LogP contribution < -0.4 is 21.3 Å². The van der Waals surface area contributed by atoms with Crippen LogP contribution in [0.5, 0.6) is 0 Å². The van der Waals surface area contributed by atoms with Crippen LogP contribution in [0.1, 0.15) is 72.5 Å². The van der Waals surface area contributed by atoms with E-state index in [0.717, 1.165) is 93.2 Å². The fraction of sp³-hybridized carbons (Fsp3) is 0.244. The highest BCUT2D eigenvalue weighted by atomic mass is 16.5. The van der Waals surface area contributed by atoms with Crippen molar-refractivity contribution >= 4 is 39.5 Å². The lowest BCUT2D eigenvalue weighted by molar-refractivity contribution is 0.251. The first kappa shape index (κ1) is 33.7. The molecule has 8 aromatic rings. The molecule has 3 fully saturated rings. The van der Waals surface area contributed by atoms with Crippen molar-refractivity contribution in [2.75, 3.05) is 23.3 Å². The smallest absolute Gasteiger partial charge is 0.322 e. The van der Waals surface area contributed by atoms with Crippen LogP contribution in [-0.4, -0.2) is 59.3 Å². The summed E-state index contributed by atoms with van der Waals surface area (Å²) in [5.74, 6) is 3.64. The van der Waals surface area contributed by atoms with E-state index in [1.54, 1.807) is 17.6 Å². The highest BCUT2D eigenvalue weighted by Gasteiger charge is 2.34. The number of H-pyrrole nitrogens is 2. The summed E-state index contributed by atoms with van der Waals surface area (Å²) in [5, 5.41) is 14.6. The zero-order chi connectivity index (χ0) is 37.6. The molecule has 1 aliphatic heterocycles. The second kappa shape index (κ2) is 14.1. The molecular formula is C41H38N12O3. The number of fused-ring (bicyclic) bond motifs is 2. The summed E-state index contributed by atoms with van der Waals surface area (Å²) in [6.45, 7) is 1.03. The zero-order valence-corrected chi connectivity index (χ0v) is 30.2. The standard InChI is InChI=1S/C21H18N6O2.C20H20N6O/c28-21-22-10-18(27(21)15-7-8-16-17(9-15)24-11-23-16)12-1-3-13(4-2-12)19-25-20(29-26-19)14-5-6-14;21-10-18(24-15-7-8-16-17(9-15)23-11-22-16)12-1-3-13(4-2-12)19-25-20(27-26-19)14-5-6-14/h1-4,7-9,11,14,18H,5-6,10H2,(H,22,28)(H,23,24);1-4,7-9,11,14,18,24H,5-6,10,21H2,(H,22,23). The fourth-order valence-electron chi connectivity index (χ4n) is 7.06. The maximum atomic E-state index is 12.6. The number of amides is 2. The molecule has 2 unspecified atom stereocenters. The molecule has 0 spiro atoms. The maximum Gasteiger partial charge on any atom is 0.322 e. The van der Waals surface area contributed by atoms with Gasteiger partial charge in [-0.15, -0.1) is 0 Å². The molecule has 15 nitrogen and oxygen atoms in total. The predicted octanol–water partition coefficient (Wildman–Crippen LogP) is 7.36. The third-order valence-corrected chi connectivity index (χ3v) is 10.5. The van der Waals surface area contributed by atoms with Crippen LogP contribution in [0, 0.1) is 0 Å². The molecule has 2 aliphatic carbocycles. The summed E-state index contributed by atoms with van der Waals surface area (Å²) in [7, 11) is 0. The van der Waals surface area contributed by atoms with E-state index in [2.05, 4.69) is 63.0 Å². The normalized spacial score (nSPS) is 17.2. The number of rotatable bonds is 10. The predicted molar refractivity (Wildman–Crippen MR) is 210 cm³/mol. The molecule has 4 aromatic carbocycles. The molecule has 15 heteroatoms. The number of hydrogen-bond acceptors (Lipinski definition) is 11. The molecule has 2 atom stereocenters. The van der Waals surface area contributed by atoms with E-state index in [1.807, 2.05) is 72.8 Å². The monoisotopic (exact) mass is 746 g/mol. The Balaban J connectivity index is 0.000000138. The number of aromatic nitrogens is 8. The fourth-order valence-corrected chi connectivity index (χ4v) is 7.06. The molecule has 0 radical (unpaired) electrons. The number of urea groups is 1. The van der Waals surface area contributed by atoms with Gasteiger partial charge in [0.15, 0.2) is 0 Å². The maximum absolute atomic E-state index is 12.6. The Morgan fingerprint density at radius 1 is 0.750 bits per heavy atom. The number of hydrogen-bond donors (Lipinski definition) is 5. The highest BCUT2D eigenvalue weighted by Crippen LogP contribution is 2.41. The zero-order valence-electron chi connectivity index (χ0n) is 30.2. The summed E-state index contributed by atoms with van der Waals surface area (Å²) in [4.78, 5) is 38.1. The Bertz CT molecular complexity index is 2640. The van der Waals surface area contributed by atoms with Crippen LogP contribution in [-0.2, 0) is 0 Å². The van der Waals surface area contributed by atoms with Gasteiger partial charge in [0.25, 0.3) is 0 Å². The van der Waals surface area contributed by atoms with Gasteiger partial charge < -0.3 is 35.4 Å². The van der Waals surface area contributed by atoms with E-state index in [9.17, 15) is 4.79 Å². The number of nitrogens with two attached hydrogens (primary N) is 1. The molecule has 5 heterocycles.